The highest BCUT2D eigenvalue weighted by atomic mass is 16.4. The summed E-state index contributed by atoms with van der Waals surface area (Å²) >= 11 is 0. The second-order valence-electron chi connectivity index (χ2n) is 4.38. The summed E-state index contributed by atoms with van der Waals surface area (Å²) in [7, 11) is 0. The number of phenolic OH excluding ortho intramolecular Hbond substituents is 1. The Morgan fingerprint density at radius 1 is 1.29 bits per heavy atom. The van der Waals surface area contributed by atoms with Gasteiger partial charge in [0, 0.05) is 10.9 Å². The topological polar surface area (TPSA) is 50.4 Å². The third kappa shape index (κ3) is 1.93. The van der Waals surface area contributed by atoms with E-state index in [0.29, 0.717) is 23.1 Å². The fourth-order valence-corrected chi connectivity index (χ4v) is 2.06. The molecule has 0 aliphatic heterocycles. The van der Waals surface area contributed by atoms with Crippen LogP contribution in [-0.2, 0) is 6.42 Å². The maximum absolute atomic E-state index is 11.8. The average Bonchev–Trinajstić information content (AvgIpc) is 2.28. The highest BCUT2D eigenvalue weighted by molar-refractivity contribution is 5.83. The lowest BCUT2D eigenvalue weighted by molar-refractivity contribution is 0.470. The zero-order valence-corrected chi connectivity index (χ0v) is 10.3. The highest BCUT2D eigenvalue weighted by Gasteiger charge is 2.12. The van der Waals surface area contributed by atoms with Crippen LogP contribution in [-0.4, -0.2) is 5.11 Å². The zero-order chi connectivity index (χ0) is 12.6. The molecule has 0 aliphatic rings. The monoisotopic (exact) mass is 232 g/mol. The Morgan fingerprint density at radius 3 is 2.65 bits per heavy atom. The van der Waals surface area contributed by atoms with Crippen LogP contribution in [0.25, 0.3) is 11.0 Å². The van der Waals surface area contributed by atoms with Crippen LogP contribution in [0, 0.1) is 13.8 Å². The summed E-state index contributed by atoms with van der Waals surface area (Å²) in [6, 6.07) is 3.37. The van der Waals surface area contributed by atoms with Crippen molar-refractivity contribution in [3.8, 4) is 5.75 Å². The second-order valence-corrected chi connectivity index (χ2v) is 4.38. The van der Waals surface area contributed by atoms with Gasteiger partial charge >= 0.3 is 5.63 Å². The third-order valence-electron chi connectivity index (χ3n) is 3.10. The Balaban J connectivity index is 2.82. The lowest BCUT2D eigenvalue weighted by Gasteiger charge is -2.08. The van der Waals surface area contributed by atoms with E-state index in [-0.39, 0.29) is 11.4 Å². The summed E-state index contributed by atoms with van der Waals surface area (Å²) < 4.78 is 5.30. The molecule has 2 rings (SSSR count). The molecule has 0 unspecified atom stereocenters. The van der Waals surface area contributed by atoms with Crippen LogP contribution < -0.4 is 5.63 Å². The number of fused-ring (bicyclic) bond motifs is 1. The first kappa shape index (κ1) is 11.7. The molecule has 0 saturated carbocycles. The fraction of sp³-hybridized carbons (Fsp3) is 0.357. The number of hydrogen-bond donors (Lipinski definition) is 1. The van der Waals surface area contributed by atoms with Crippen molar-refractivity contribution in [2.45, 2.75) is 33.6 Å². The number of aromatic hydroxyl groups is 1. The Morgan fingerprint density at radius 2 is 2.00 bits per heavy atom. The molecule has 1 aromatic carbocycles. The molecule has 1 aromatic heterocycles. The quantitative estimate of drug-likeness (QED) is 0.809. The molecule has 0 bridgehead atoms. The van der Waals surface area contributed by atoms with Crippen molar-refractivity contribution in [2.24, 2.45) is 0 Å². The van der Waals surface area contributed by atoms with Gasteiger partial charge in [-0.05, 0) is 43.5 Å². The number of hydrogen-bond acceptors (Lipinski definition) is 3. The van der Waals surface area contributed by atoms with Crippen molar-refractivity contribution in [1.82, 2.24) is 0 Å². The van der Waals surface area contributed by atoms with Crippen LogP contribution in [0.2, 0.25) is 0 Å². The molecular formula is C14H16O3. The smallest absolute Gasteiger partial charge is 0.339 e. The van der Waals surface area contributed by atoms with Gasteiger partial charge in [0.25, 0.3) is 0 Å². The zero-order valence-electron chi connectivity index (χ0n) is 10.3. The van der Waals surface area contributed by atoms with Gasteiger partial charge in [0.15, 0.2) is 0 Å². The van der Waals surface area contributed by atoms with Gasteiger partial charge in [-0.2, -0.15) is 0 Å². The number of rotatable bonds is 2. The first-order chi connectivity index (χ1) is 8.04. The van der Waals surface area contributed by atoms with Crippen molar-refractivity contribution in [1.29, 1.82) is 0 Å². The predicted octanol–water partition coefficient (Wildman–Crippen LogP) is 3.07. The van der Waals surface area contributed by atoms with Crippen molar-refractivity contribution in [3.05, 3.63) is 39.2 Å². The minimum absolute atomic E-state index is 0.233. The maximum Gasteiger partial charge on any atom is 0.339 e. The van der Waals surface area contributed by atoms with E-state index in [1.165, 1.54) is 0 Å². The summed E-state index contributed by atoms with van der Waals surface area (Å²) in [5.41, 5.74) is 2.62. The number of aryl methyl sites for hydroxylation is 2. The van der Waals surface area contributed by atoms with Crippen LogP contribution in [0.1, 0.15) is 30.0 Å². The van der Waals surface area contributed by atoms with Gasteiger partial charge in [-0.1, -0.05) is 13.3 Å². The van der Waals surface area contributed by atoms with Gasteiger partial charge in [-0.3, -0.25) is 0 Å². The molecular weight excluding hydrogens is 216 g/mol. The SMILES string of the molecule is CCCc1c(C)c2cc(O)c(C)cc2oc1=O. The highest BCUT2D eigenvalue weighted by Crippen LogP contribution is 2.27. The standard InChI is InChI=1S/C14H16O3/c1-4-5-10-9(3)11-7-12(15)8(2)6-13(11)17-14(10)16/h6-7,15H,4-5H2,1-3H3. The van der Waals surface area contributed by atoms with Crippen LogP contribution in [0.5, 0.6) is 5.75 Å². The third-order valence-corrected chi connectivity index (χ3v) is 3.10. The van der Waals surface area contributed by atoms with E-state index < -0.39 is 0 Å². The molecule has 0 spiro atoms. The number of benzene rings is 1. The summed E-state index contributed by atoms with van der Waals surface area (Å²) in [4.78, 5) is 11.8. The summed E-state index contributed by atoms with van der Waals surface area (Å²) in [5, 5.41) is 10.5. The summed E-state index contributed by atoms with van der Waals surface area (Å²) in [5.74, 6) is 0.233. The van der Waals surface area contributed by atoms with Gasteiger partial charge in [-0.25, -0.2) is 4.79 Å². The molecule has 90 valence electrons. The van der Waals surface area contributed by atoms with Gasteiger partial charge < -0.3 is 9.52 Å². The van der Waals surface area contributed by atoms with E-state index in [9.17, 15) is 9.90 Å². The van der Waals surface area contributed by atoms with Crippen molar-refractivity contribution in [2.75, 3.05) is 0 Å². The Bertz CT molecular complexity index is 623. The molecule has 1 N–H and O–H groups in total. The molecule has 1 heterocycles. The van der Waals surface area contributed by atoms with Crippen LogP contribution in [0.4, 0.5) is 0 Å². The molecule has 0 atom stereocenters. The van der Waals surface area contributed by atoms with Gasteiger partial charge in [0.2, 0.25) is 0 Å². The van der Waals surface area contributed by atoms with E-state index >= 15 is 0 Å². The maximum atomic E-state index is 11.8. The lowest BCUT2D eigenvalue weighted by Crippen LogP contribution is -2.10. The van der Waals surface area contributed by atoms with E-state index in [4.69, 9.17) is 4.42 Å². The summed E-state index contributed by atoms with van der Waals surface area (Å²) in [6.45, 7) is 5.71. The van der Waals surface area contributed by atoms with Gasteiger partial charge in [-0.15, -0.1) is 0 Å². The van der Waals surface area contributed by atoms with Gasteiger partial charge in [0.05, 0.1) is 0 Å². The van der Waals surface area contributed by atoms with Crippen LogP contribution in [0.3, 0.4) is 0 Å². The fourth-order valence-electron chi connectivity index (χ4n) is 2.06. The minimum atomic E-state index is -0.262. The van der Waals surface area contributed by atoms with E-state index in [0.717, 1.165) is 17.4 Å². The Labute approximate surface area is 99.7 Å². The second kappa shape index (κ2) is 4.24. The molecule has 2 aromatic rings. The molecule has 3 heteroatoms. The molecule has 0 radical (unpaired) electrons. The lowest BCUT2D eigenvalue weighted by atomic mass is 10.0. The normalized spacial score (nSPS) is 11.0. The molecule has 0 aliphatic carbocycles. The van der Waals surface area contributed by atoms with Crippen LogP contribution >= 0.6 is 0 Å². The van der Waals surface area contributed by atoms with Crippen molar-refractivity contribution >= 4 is 11.0 Å². The largest absolute Gasteiger partial charge is 0.508 e. The first-order valence-corrected chi connectivity index (χ1v) is 5.80. The molecule has 0 amide bonds. The molecule has 3 nitrogen and oxygen atoms in total. The average molecular weight is 232 g/mol. The van der Waals surface area contributed by atoms with Gasteiger partial charge in [0.1, 0.15) is 11.3 Å². The number of phenols is 1. The van der Waals surface area contributed by atoms with Crippen molar-refractivity contribution < 1.29 is 9.52 Å². The van der Waals surface area contributed by atoms with E-state index in [1.54, 1.807) is 19.1 Å². The summed E-state index contributed by atoms with van der Waals surface area (Å²) in [6.07, 6.45) is 1.60. The minimum Gasteiger partial charge on any atom is -0.508 e. The molecule has 0 saturated heterocycles. The van der Waals surface area contributed by atoms with Crippen molar-refractivity contribution in [3.63, 3.8) is 0 Å². The first-order valence-electron chi connectivity index (χ1n) is 5.80. The molecule has 17 heavy (non-hydrogen) atoms. The van der Waals surface area contributed by atoms with E-state index in [2.05, 4.69) is 0 Å². The Kier molecular flexibility index (Phi) is 2.92. The van der Waals surface area contributed by atoms with Crippen LogP contribution in [0.15, 0.2) is 21.3 Å². The molecule has 0 fully saturated rings. The Hall–Kier alpha value is -1.77. The predicted molar refractivity (Wildman–Crippen MR) is 67.6 cm³/mol. The van der Waals surface area contributed by atoms with E-state index in [1.807, 2.05) is 13.8 Å².